The summed E-state index contributed by atoms with van der Waals surface area (Å²) in [6.45, 7) is 3.84. The van der Waals surface area contributed by atoms with Crippen molar-refractivity contribution in [3.8, 4) is 0 Å². The molecule has 4 nitrogen and oxygen atoms in total. The van der Waals surface area contributed by atoms with E-state index < -0.39 is 0 Å². The van der Waals surface area contributed by atoms with Gasteiger partial charge in [0.05, 0.1) is 11.6 Å². The number of thiazole rings is 1. The van der Waals surface area contributed by atoms with Crippen molar-refractivity contribution in [2.24, 2.45) is 7.05 Å². The third kappa shape index (κ3) is 2.90. The minimum atomic E-state index is 0.813. The number of hydrogen-bond acceptors (Lipinski definition) is 4. The second kappa shape index (κ2) is 5.23. The Morgan fingerprint density at radius 1 is 1.44 bits per heavy atom. The summed E-state index contributed by atoms with van der Waals surface area (Å²) in [6, 6.07) is 0. The van der Waals surface area contributed by atoms with Gasteiger partial charge in [-0.1, -0.05) is 0 Å². The summed E-state index contributed by atoms with van der Waals surface area (Å²) in [5, 5.41) is 4.57. The number of nitrogens with one attached hydrogen (secondary N) is 1. The van der Waals surface area contributed by atoms with Crippen molar-refractivity contribution in [3.05, 3.63) is 34.3 Å². The zero-order chi connectivity index (χ0) is 11.4. The van der Waals surface area contributed by atoms with E-state index in [1.165, 1.54) is 9.88 Å². The maximum atomic E-state index is 4.33. The van der Waals surface area contributed by atoms with Crippen LogP contribution in [0, 0.1) is 6.92 Å². The van der Waals surface area contributed by atoms with Crippen LogP contribution < -0.4 is 5.32 Å². The van der Waals surface area contributed by atoms with E-state index in [2.05, 4.69) is 22.2 Å². The van der Waals surface area contributed by atoms with Gasteiger partial charge in [-0.05, 0) is 6.92 Å². The fraction of sp³-hybridized carbons (Fsp3) is 0.455. The first kappa shape index (κ1) is 11.3. The lowest BCUT2D eigenvalue weighted by atomic mass is 10.4. The predicted molar refractivity (Wildman–Crippen MR) is 65.5 cm³/mol. The van der Waals surface area contributed by atoms with Crippen molar-refractivity contribution in [1.29, 1.82) is 0 Å². The molecule has 2 aromatic rings. The van der Waals surface area contributed by atoms with Gasteiger partial charge in [-0.3, -0.25) is 0 Å². The molecule has 2 aromatic heterocycles. The van der Waals surface area contributed by atoms with Crippen LogP contribution in [0.15, 0.2) is 18.6 Å². The summed E-state index contributed by atoms with van der Waals surface area (Å²) < 4.78 is 2.03. The van der Waals surface area contributed by atoms with Gasteiger partial charge in [0.15, 0.2) is 0 Å². The first-order chi connectivity index (χ1) is 7.75. The molecule has 0 aliphatic rings. The maximum Gasteiger partial charge on any atom is 0.122 e. The molecule has 0 aliphatic carbocycles. The van der Waals surface area contributed by atoms with Gasteiger partial charge in [0.1, 0.15) is 5.82 Å². The topological polar surface area (TPSA) is 42.7 Å². The van der Waals surface area contributed by atoms with Crippen LogP contribution in [-0.2, 0) is 20.0 Å². The SMILES string of the molecule is Cc1cnc(CCNCc2nccn2C)s1. The molecule has 0 aliphatic heterocycles. The molecule has 16 heavy (non-hydrogen) atoms. The molecule has 0 bridgehead atoms. The van der Waals surface area contributed by atoms with Crippen molar-refractivity contribution in [3.63, 3.8) is 0 Å². The maximum absolute atomic E-state index is 4.33. The Hall–Kier alpha value is -1.20. The molecule has 0 saturated heterocycles. The molecule has 0 unspecified atom stereocenters. The highest BCUT2D eigenvalue weighted by Crippen LogP contribution is 2.10. The summed E-state index contributed by atoms with van der Waals surface area (Å²) in [5.74, 6) is 1.07. The minimum Gasteiger partial charge on any atom is -0.337 e. The fourth-order valence-corrected chi connectivity index (χ4v) is 2.27. The number of rotatable bonds is 5. The first-order valence-electron chi connectivity index (χ1n) is 5.34. The molecule has 0 atom stereocenters. The van der Waals surface area contributed by atoms with Crippen LogP contribution >= 0.6 is 11.3 Å². The Morgan fingerprint density at radius 2 is 2.31 bits per heavy atom. The van der Waals surface area contributed by atoms with Gasteiger partial charge in [-0.25, -0.2) is 9.97 Å². The molecule has 0 amide bonds. The van der Waals surface area contributed by atoms with Crippen LogP contribution in [-0.4, -0.2) is 21.1 Å². The predicted octanol–water partition coefficient (Wildman–Crippen LogP) is 1.52. The minimum absolute atomic E-state index is 0.813. The zero-order valence-electron chi connectivity index (χ0n) is 9.60. The van der Waals surface area contributed by atoms with Crippen LogP contribution in [0.4, 0.5) is 0 Å². The monoisotopic (exact) mass is 236 g/mol. The average Bonchev–Trinajstić information content (AvgIpc) is 2.83. The largest absolute Gasteiger partial charge is 0.337 e. The van der Waals surface area contributed by atoms with Crippen molar-refractivity contribution < 1.29 is 0 Å². The lowest BCUT2D eigenvalue weighted by Crippen LogP contribution is -2.18. The fourth-order valence-electron chi connectivity index (χ4n) is 1.48. The van der Waals surface area contributed by atoms with Crippen molar-refractivity contribution in [2.75, 3.05) is 6.54 Å². The van der Waals surface area contributed by atoms with E-state index in [0.717, 1.165) is 25.3 Å². The van der Waals surface area contributed by atoms with E-state index in [-0.39, 0.29) is 0 Å². The number of hydrogen-bond donors (Lipinski definition) is 1. The first-order valence-corrected chi connectivity index (χ1v) is 6.15. The molecule has 2 heterocycles. The van der Waals surface area contributed by atoms with Crippen LogP contribution in [0.2, 0.25) is 0 Å². The Kier molecular flexibility index (Phi) is 3.69. The summed E-state index contributed by atoms with van der Waals surface area (Å²) >= 11 is 1.77. The lowest BCUT2D eigenvalue weighted by molar-refractivity contribution is 0.637. The molecule has 0 aromatic carbocycles. The molecule has 5 heteroatoms. The van der Waals surface area contributed by atoms with Crippen LogP contribution in [0.1, 0.15) is 15.7 Å². The second-order valence-corrected chi connectivity index (χ2v) is 5.07. The molecule has 0 fully saturated rings. The molecular weight excluding hydrogens is 220 g/mol. The zero-order valence-corrected chi connectivity index (χ0v) is 10.4. The number of aryl methyl sites for hydroxylation is 2. The van der Waals surface area contributed by atoms with E-state index in [1.807, 2.05) is 30.2 Å². The third-order valence-corrected chi connectivity index (χ3v) is 3.36. The van der Waals surface area contributed by atoms with Crippen LogP contribution in [0.25, 0.3) is 0 Å². The van der Waals surface area contributed by atoms with Gasteiger partial charge in [0, 0.05) is 43.5 Å². The van der Waals surface area contributed by atoms with E-state index in [9.17, 15) is 0 Å². The number of aromatic nitrogens is 3. The lowest BCUT2D eigenvalue weighted by Gasteiger charge is -2.03. The highest BCUT2D eigenvalue weighted by Gasteiger charge is 2.00. The van der Waals surface area contributed by atoms with Gasteiger partial charge >= 0.3 is 0 Å². The summed E-state index contributed by atoms with van der Waals surface area (Å²) in [5.41, 5.74) is 0. The van der Waals surface area contributed by atoms with Gasteiger partial charge in [-0.2, -0.15) is 0 Å². The normalized spacial score (nSPS) is 10.9. The van der Waals surface area contributed by atoms with Crippen LogP contribution in [0.3, 0.4) is 0 Å². The molecule has 86 valence electrons. The summed E-state index contributed by atoms with van der Waals surface area (Å²) in [7, 11) is 2.01. The van der Waals surface area contributed by atoms with E-state index in [4.69, 9.17) is 0 Å². The Labute approximate surface area is 99.4 Å². The van der Waals surface area contributed by atoms with Gasteiger partial charge in [0.25, 0.3) is 0 Å². The Bertz CT molecular complexity index is 446. The van der Waals surface area contributed by atoms with Crippen molar-refractivity contribution in [1.82, 2.24) is 19.9 Å². The highest BCUT2D eigenvalue weighted by atomic mass is 32.1. The molecule has 0 spiro atoms. The van der Waals surface area contributed by atoms with E-state index in [1.54, 1.807) is 11.3 Å². The number of nitrogens with zero attached hydrogens (tertiary/aromatic N) is 3. The summed E-state index contributed by atoms with van der Waals surface area (Å²) in [6.07, 6.45) is 6.70. The quantitative estimate of drug-likeness (QED) is 0.800. The second-order valence-electron chi connectivity index (χ2n) is 3.75. The van der Waals surface area contributed by atoms with E-state index >= 15 is 0 Å². The Balaban J connectivity index is 1.71. The third-order valence-electron chi connectivity index (χ3n) is 2.39. The van der Waals surface area contributed by atoms with Gasteiger partial charge in [0.2, 0.25) is 0 Å². The van der Waals surface area contributed by atoms with Crippen LogP contribution in [0.5, 0.6) is 0 Å². The summed E-state index contributed by atoms with van der Waals surface area (Å²) in [4.78, 5) is 9.85. The van der Waals surface area contributed by atoms with Crippen molar-refractivity contribution in [2.45, 2.75) is 19.9 Å². The molecular formula is C11H16N4S. The molecule has 0 radical (unpaired) electrons. The Morgan fingerprint density at radius 3 is 2.94 bits per heavy atom. The van der Waals surface area contributed by atoms with Gasteiger partial charge in [-0.15, -0.1) is 11.3 Å². The smallest absolute Gasteiger partial charge is 0.122 e. The average molecular weight is 236 g/mol. The molecule has 2 rings (SSSR count). The van der Waals surface area contributed by atoms with Gasteiger partial charge < -0.3 is 9.88 Å². The van der Waals surface area contributed by atoms with Crippen molar-refractivity contribution >= 4 is 11.3 Å². The van der Waals surface area contributed by atoms with E-state index in [0.29, 0.717) is 0 Å². The molecule has 1 N–H and O–H groups in total. The highest BCUT2D eigenvalue weighted by molar-refractivity contribution is 7.11. The number of imidazole rings is 1. The standard InChI is InChI=1S/C11H16N4S/c1-9-7-14-11(16-9)3-4-12-8-10-13-5-6-15(10)2/h5-7,12H,3-4,8H2,1-2H3. The molecule has 0 saturated carbocycles.